The smallest absolute Gasteiger partial charge is 0.373 e. The van der Waals surface area contributed by atoms with Crippen LogP contribution in [0.4, 0.5) is 26.3 Å². The van der Waals surface area contributed by atoms with Crippen LogP contribution in [0.2, 0.25) is 0 Å². The molecule has 0 bridgehead atoms. The summed E-state index contributed by atoms with van der Waals surface area (Å²) in [6, 6.07) is -0.0769. The predicted molar refractivity (Wildman–Crippen MR) is 56.5 cm³/mol. The summed E-state index contributed by atoms with van der Waals surface area (Å²) in [7, 11) is 0. The zero-order valence-electron chi connectivity index (χ0n) is 10.4. The number of aliphatic hydroxyl groups is 1. The Kier molecular flexibility index (Phi) is 4.77. The molecule has 0 aromatic heterocycles. The molecule has 19 heavy (non-hydrogen) atoms. The summed E-state index contributed by atoms with van der Waals surface area (Å²) in [6.07, 6.45) is -11.6. The second kappa shape index (κ2) is 5.47. The lowest BCUT2D eigenvalue weighted by molar-refractivity contribution is -0.387. The fourth-order valence-electron chi connectivity index (χ4n) is 2.63. The van der Waals surface area contributed by atoms with Crippen LogP contribution in [-0.4, -0.2) is 35.6 Å². The van der Waals surface area contributed by atoms with E-state index in [2.05, 4.69) is 5.32 Å². The van der Waals surface area contributed by atoms with Crippen molar-refractivity contribution in [2.75, 3.05) is 6.54 Å². The van der Waals surface area contributed by atoms with Gasteiger partial charge in [-0.2, -0.15) is 26.3 Å². The van der Waals surface area contributed by atoms with Gasteiger partial charge in [-0.15, -0.1) is 0 Å². The zero-order valence-corrected chi connectivity index (χ0v) is 10.4. The molecule has 0 radical (unpaired) electrons. The Labute approximate surface area is 107 Å². The van der Waals surface area contributed by atoms with E-state index in [4.69, 9.17) is 0 Å². The molecule has 0 atom stereocenters. The van der Waals surface area contributed by atoms with Gasteiger partial charge in [0, 0.05) is 12.0 Å². The summed E-state index contributed by atoms with van der Waals surface area (Å²) in [4.78, 5) is 0. The minimum absolute atomic E-state index is 0.0769. The van der Waals surface area contributed by atoms with E-state index in [0.717, 1.165) is 0 Å². The zero-order chi connectivity index (χ0) is 14.9. The van der Waals surface area contributed by atoms with Crippen molar-refractivity contribution in [2.24, 2.45) is 5.92 Å². The van der Waals surface area contributed by atoms with Crippen molar-refractivity contribution >= 4 is 0 Å². The van der Waals surface area contributed by atoms with Gasteiger partial charge in [-0.3, -0.25) is 0 Å². The third-order valence-electron chi connectivity index (χ3n) is 3.68. The number of hydrogen-bond acceptors (Lipinski definition) is 2. The summed E-state index contributed by atoms with van der Waals surface area (Å²) in [5, 5.41) is 12.2. The quantitative estimate of drug-likeness (QED) is 0.784. The molecule has 2 N–H and O–H groups in total. The lowest BCUT2D eigenvalue weighted by atomic mass is 9.74. The van der Waals surface area contributed by atoms with Gasteiger partial charge >= 0.3 is 12.4 Å². The summed E-state index contributed by atoms with van der Waals surface area (Å²) in [5.41, 5.74) is -4.60. The number of rotatable bonds is 3. The van der Waals surface area contributed by atoms with Crippen molar-refractivity contribution in [2.45, 2.75) is 56.6 Å². The Balaban J connectivity index is 2.86. The third-order valence-corrected chi connectivity index (χ3v) is 3.68. The fraction of sp³-hybridized carbons (Fsp3) is 1.00. The van der Waals surface area contributed by atoms with Crippen molar-refractivity contribution in [3.05, 3.63) is 0 Å². The van der Waals surface area contributed by atoms with E-state index in [1.54, 1.807) is 0 Å². The molecule has 8 heteroatoms. The van der Waals surface area contributed by atoms with Crippen LogP contribution in [0.3, 0.4) is 0 Å². The first-order valence-electron chi connectivity index (χ1n) is 6.13. The highest BCUT2D eigenvalue weighted by Crippen LogP contribution is 2.51. The van der Waals surface area contributed by atoms with Crippen LogP contribution < -0.4 is 5.32 Å². The third kappa shape index (κ3) is 3.16. The molecule has 0 saturated heterocycles. The Morgan fingerprint density at radius 2 is 1.37 bits per heavy atom. The van der Waals surface area contributed by atoms with E-state index < -0.39 is 23.9 Å². The molecule has 2 nitrogen and oxygen atoms in total. The molecule has 0 amide bonds. The standard InChI is InChI=1S/C11H17F6NO/c1-2-18-8-5-3-7(4-6-8)9(19,10(12,13)14)11(15,16)17/h7-8,18-19H,2-6H2,1H3. The maximum atomic E-state index is 12.6. The summed E-state index contributed by atoms with van der Waals surface area (Å²) in [6.45, 7) is 2.42. The van der Waals surface area contributed by atoms with Crippen LogP contribution in [0, 0.1) is 5.92 Å². The van der Waals surface area contributed by atoms with Gasteiger partial charge in [0.05, 0.1) is 0 Å². The second-order valence-corrected chi connectivity index (χ2v) is 4.87. The largest absolute Gasteiger partial charge is 0.426 e. The maximum absolute atomic E-state index is 12.6. The average molecular weight is 293 g/mol. The molecule has 114 valence electrons. The van der Waals surface area contributed by atoms with Crippen LogP contribution in [0.15, 0.2) is 0 Å². The highest BCUT2D eigenvalue weighted by molar-refractivity contribution is 5.01. The molecule has 1 aliphatic rings. The summed E-state index contributed by atoms with van der Waals surface area (Å²) in [5.74, 6) is -1.83. The summed E-state index contributed by atoms with van der Waals surface area (Å²) < 4.78 is 75.9. The lowest BCUT2D eigenvalue weighted by Gasteiger charge is -2.42. The van der Waals surface area contributed by atoms with E-state index in [9.17, 15) is 31.4 Å². The van der Waals surface area contributed by atoms with Gasteiger partial charge in [-0.05, 0) is 32.2 Å². The van der Waals surface area contributed by atoms with Crippen LogP contribution in [-0.2, 0) is 0 Å². The van der Waals surface area contributed by atoms with Crippen molar-refractivity contribution in [1.29, 1.82) is 0 Å². The molecule has 1 saturated carbocycles. The highest BCUT2D eigenvalue weighted by Gasteiger charge is 2.73. The van der Waals surface area contributed by atoms with Gasteiger partial charge in [-0.1, -0.05) is 6.92 Å². The maximum Gasteiger partial charge on any atom is 0.426 e. The minimum atomic E-state index is -5.71. The van der Waals surface area contributed by atoms with Gasteiger partial charge in [0.25, 0.3) is 5.60 Å². The molecular weight excluding hydrogens is 276 g/mol. The SMILES string of the molecule is CCNC1CCC(C(O)(C(F)(F)F)C(F)(F)F)CC1. The van der Waals surface area contributed by atoms with Crippen molar-refractivity contribution in [1.82, 2.24) is 5.32 Å². The first kappa shape index (κ1) is 16.6. The van der Waals surface area contributed by atoms with Crippen LogP contribution in [0.5, 0.6) is 0 Å². The Morgan fingerprint density at radius 1 is 0.947 bits per heavy atom. The van der Waals surface area contributed by atoms with E-state index in [1.807, 2.05) is 6.92 Å². The molecule has 0 aromatic carbocycles. The van der Waals surface area contributed by atoms with Gasteiger partial charge in [0.2, 0.25) is 0 Å². The van der Waals surface area contributed by atoms with Gasteiger partial charge in [0.15, 0.2) is 0 Å². The topological polar surface area (TPSA) is 32.3 Å². The number of halogens is 6. The molecule has 1 rings (SSSR count). The van der Waals surface area contributed by atoms with Gasteiger partial charge < -0.3 is 10.4 Å². The average Bonchev–Trinajstić information content (AvgIpc) is 2.26. The van der Waals surface area contributed by atoms with Crippen molar-refractivity contribution in [3.63, 3.8) is 0 Å². The van der Waals surface area contributed by atoms with Crippen LogP contribution >= 0.6 is 0 Å². The Morgan fingerprint density at radius 3 is 1.68 bits per heavy atom. The number of hydrogen-bond donors (Lipinski definition) is 2. The van der Waals surface area contributed by atoms with Gasteiger partial charge in [0.1, 0.15) is 0 Å². The van der Waals surface area contributed by atoms with Crippen LogP contribution in [0.1, 0.15) is 32.6 Å². The molecule has 1 fully saturated rings. The summed E-state index contributed by atoms with van der Waals surface area (Å²) >= 11 is 0. The van der Waals surface area contributed by atoms with E-state index in [0.29, 0.717) is 6.54 Å². The molecule has 0 aromatic rings. The van der Waals surface area contributed by atoms with E-state index in [1.165, 1.54) is 0 Å². The number of alkyl halides is 6. The Bertz CT molecular complexity index is 279. The van der Waals surface area contributed by atoms with Crippen LogP contribution in [0.25, 0.3) is 0 Å². The minimum Gasteiger partial charge on any atom is -0.373 e. The molecule has 0 heterocycles. The molecule has 0 unspecified atom stereocenters. The second-order valence-electron chi connectivity index (χ2n) is 4.87. The van der Waals surface area contributed by atoms with E-state index >= 15 is 0 Å². The lowest BCUT2D eigenvalue weighted by Crippen LogP contribution is -2.62. The monoisotopic (exact) mass is 293 g/mol. The molecular formula is C11H17F6NO. The molecule has 0 aliphatic heterocycles. The first-order valence-corrected chi connectivity index (χ1v) is 6.13. The predicted octanol–water partition coefficient (Wildman–Crippen LogP) is 3.01. The molecule has 0 spiro atoms. The highest BCUT2D eigenvalue weighted by atomic mass is 19.4. The fourth-order valence-corrected chi connectivity index (χ4v) is 2.63. The molecule has 1 aliphatic carbocycles. The van der Waals surface area contributed by atoms with Crippen molar-refractivity contribution in [3.8, 4) is 0 Å². The first-order chi connectivity index (χ1) is 8.54. The number of nitrogens with one attached hydrogen (secondary N) is 1. The van der Waals surface area contributed by atoms with Crippen molar-refractivity contribution < 1.29 is 31.4 Å². The normalized spacial score (nSPS) is 26.5. The van der Waals surface area contributed by atoms with Gasteiger partial charge in [-0.25, -0.2) is 0 Å². The van der Waals surface area contributed by atoms with E-state index in [-0.39, 0.29) is 31.7 Å². The Hall–Kier alpha value is -0.500.